The molecule has 0 aromatic carbocycles. The molecule has 4 saturated carbocycles. The Morgan fingerprint density at radius 2 is 1.75 bits per heavy atom. The minimum atomic E-state index is -1.29. The predicted octanol–water partition coefficient (Wildman–Crippen LogP) is 3.05. The number of hydrogen-bond acceptors (Lipinski definition) is 5. The molecule has 0 bridgehead atoms. The summed E-state index contributed by atoms with van der Waals surface area (Å²) in [5, 5.41) is 21.9. The van der Waals surface area contributed by atoms with Crippen LogP contribution in [0.3, 0.4) is 0 Å². The summed E-state index contributed by atoms with van der Waals surface area (Å²) in [6.07, 6.45) is 7.64. The quantitative estimate of drug-likeness (QED) is 0.399. The molecule has 0 unspecified atom stereocenters. The highest BCUT2D eigenvalue weighted by atomic mass is 16.4. The van der Waals surface area contributed by atoms with E-state index >= 15 is 0 Å². The summed E-state index contributed by atoms with van der Waals surface area (Å²) in [5.41, 5.74) is 5.32. The molecular formula is C28H44N2O6. The molecule has 36 heavy (non-hydrogen) atoms. The van der Waals surface area contributed by atoms with Crippen LogP contribution in [0.4, 0.5) is 0 Å². The van der Waals surface area contributed by atoms with E-state index in [1.165, 1.54) is 0 Å². The number of amides is 2. The van der Waals surface area contributed by atoms with Crippen LogP contribution in [0, 0.1) is 46.3 Å². The SMILES string of the molecule is C[C@H](CCC(=O)N[C@@H](CC(N)=O)C(=O)O)[C@H]1CC[C@H]2[C@@H]3C(=O)C[C@@H]4C[C@H](O)CC[C@]4(C)[C@H]3CC[C@]12C. The number of carboxylic acid groups (broad SMARTS) is 1. The Morgan fingerprint density at radius 1 is 1.08 bits per heavy atom. The molecule has 8 heteroatoms. The van der Waals surface area contributed by atoms with E-state index in [4.69, 9.17) is 5.73 Å². The Kier molecular flexibility index (Phi) is 7.58. The number of Topliss-reactive ketones (excluding diaryl/α,β-unsaturated/α-hetero) is 1. The average Bonchev–Trinajstić information content (AvgIpc) is 3.15. The van der Waals surface area contributed by atoms with E-state index in [2.05, 4.69) is 26.1 Å². The summed E-state index contributed by atoms with van der Waals surface area (Å²) in [4.78, 5) is 48.4. The average molecular weight is 505 g/mol. The number of rotatable bonds is 8. The minimum absolute atomic E-state index is 0.0691. The lowest BCUT2D eigenvalue weighted by atomic mass is 9.44. The van der Waals surface area contributed by atoms with Crippen molar-refractivity contribution in [3.63, 3.8) is 0 Å². The lowest BCUT2D eigenvalue weighted by Crippen LogP contribution is -2.57. The first-order valence-electron chi connectivity index (χ1n) is 13.9. The van der Waals surface area contributed by atoms with Gasteiger partial charge in [0.15, 0.2) is 0 Å². The number of aliphatic carboxylic acids is 1. The normalized spacial score (nSPS) is 41.4. The topological polar surface area (TPSA) is 147 Å². The fourth-order valence-corrected chi connectivity index (χ4v) is 9.11. The molecular weight excluding hydrogens is 460 g/mol. The molecule has 4 rings (SSSR count). The Bertz CT molecular complexity index is 906. The van der Waals surface area contributed by atoms with Crippen molar-refractivity contribution < 1.29 is 29.4 Å². The maximum atomic E-state index is 13.5. The summed E-state index contributed by atoms with van der Waals surface area (Å²) < 4.78 is 0. The van der Waals surface area contributed by atoms with Crippen LogP contribution in [0.25, 0.3) is 0 Å². The van der Waals surface area contributed by atoms with Gasteiger partial charge in [-0.25, -0.2) is 4.79 Å². The molecule has 10 atom stereocenters. The Balaban J connectivity index is 1.40. The van der Waals surface area contributed by atoms with E-state index in [-0.39, 0.29) is 41.1 Å². The first-order chi connectivity index (χ1) is 16.9. The zero-order valence-corrected chi connectivity index (χ0v) is 22.0. The lowest BCUT2D eigenvalue weighted by Gasteiger charge is -2.60. The van der Waals surface area contributed by atoms with Gasteiger partial charge in [-0.2, -0.15) is 0 Å². The van der Waals surface area contributed by atoms with Crippen LogP contribution < -0.4 is 11.1 Å². The monoisotopic (exact) mass is 504 g/mol. The number of carboxylic acids is 1. The molecule has 202 valence electrons. The second kappa shape index (κ2) is 10.1. The van der Waals surface area contributed by atoms with Crippen LogP contribution in [0.1, 0.15) is 91.4 Å². The number of carbonyl (C=O) groups is 4. The molecule has 0 aromatic rings. The highest BCUT2D eigenvalue weighted by Gasteiger charge is 2.63. The number of nitrogens with one attached hydrogen (secondary N) is 1. The Hall–Kier alpha value is -1.96. The van der Waals surface area contributed by atoms with E-state index in [0.717, 1.165) is 44.9 Å². The van der Waals surface area contributed by atoms with Crippen molar-refractivity contribution in [2.24, 2.45) is 52.1 Å². The van der Waals surface area contributed by atoms with Crippen LogP contribution in [0.2, 0.25) is 0 Å². The van der Waals surface area contributed by atoms with Crippen LogP contribution in [-0.4, -0.2) is 45.9 Å². The first kappa shape index (κ1) is 27.1. The molecule has 5 N–H and O–H groups in total. The molecule has 4 fully saturated rings. The van der Waals surface area contributed by atoms with Gasteiger partial charge >= 0.3 is 5.97 Å². The third kappa shape index (κ3) is 4.82. The maximum absolute atomic E-state index is 13.5. The van der Waals surface area contributed by atoms with E-state index in [1.807, 2.05) is 0 Å². The molecule has 8 nitrogen and oxygen atoms in total. The minimum Gasteiger partial charge on any atom is -0.480 e. The number of primary amides is 1. The molecule has 2 amide bonds. The van der Waals surface area contributed by atoms with Gasteiger partial charge in [0.25, 0.3) is 0 Å². The molecule has 0 heterocycles. The molecule has 0 aromatic heterocycles. The van der Waals surface area contributed by atoms with Crippen molar-refractivity contribution in [1.29, 1.82) is 0 Å². The Morgan fingerprint density at radius 3 is 2.42 bits per heavy atom. The molecule has 4 aliphatic rings. The molecule has 4 aliphatic carbocycles. The van der Waals surface area contributed by atoms with Crippen molar-refractivity contribution >= 4 is 23.6 Å². The zero-order valence-electron chi connectivity index (χ0n) is 22.0. The van der Waals surface area contributed by atoms with Gasteiger partial charge in [0.1, 0.15) is 11.8 Å². The molecule has 0 radical (unpaired) electrons. The third-order valence-corrected chi connectivity index (χ3v) is 11.1. The van der Waals surface area contributed by atoms with Crippen LogP contribution in [0.5, 0.6) is 0 Å². The Labute approximate surface area is 214 Å². The van der Waals surface area contributed by atoms with Crippen LogP contribution >= 0.6 is 0 Å². The summed E-state index contributed by atoms with van der Waals surface area (Å²) in [6.45, 7) is 6.92. The van der Waals surface area contributed by atoms with E-state index in [0.29, 0.717) is 42.3 Å². The van der Waals surface area contributed by atoms with E-state index < -0.39 is 24.3 Å². The van der Waals surface area contributed by atoms with Gasteiger partial charge in [-0.15, -0.1) is 0 Å². The fourth-order valence-electron chi connectivity index (χ4n) is 9.11. The van der Waals surface area contributed by atoms with Crippen molar-refractivity contribution in [2.75, 3.05) is 0 Å². The summed E-state index contributed by atoms with van der Waals surface area (Å²) in [6, 6.07) is -1.29. The van der Waals surface area contributed by atoms with Gasteiger partial charge in [0, 0.05) is 18.8 Å². The summed E-state index contributed by atoms with van der Waals surface area (Å²) in [7, 11) is 0. The largest absolute Gasteiger partial charge is 0.480 e. The number of ketones is 1. The molecule has 0 spiro atoms. The van der Waals surface area contributed by atoms with Gasteiger partial charge in [-0.3, -0.25) is 14.4 Å². The number of nitrogens with two attached hydrogens (primary N) is 1. The predicted molar refractivity (Wildman–Crippen MR) is 133 cm³/mol. The second-order valence-electron chi connectivity index (χ2n) is 12.9. The van der Waals surface area contributed by atoms with Crippen LogP contribution in [0.15, 0.2) is 0 Å². The van der Waals surface area contributed by atoms with Gasteiger partial charge in [0.2, 0.25) is 11.8 Å². The maximum Gasteiger partial charge on any atom is 0.326 e. The van der Waals surface area contributed by atoms with E-state index in [1.54, 1.807) is 0 Å². The standard InChI is InChI=1S/C28H44N2O6/c1-15(4-7-24(34)30-21(26(35)36)14-23(29)33)18-5-6-19-25-20(9-11-28(18,19)3)27(2)10-8-17(31)12-16(27)13-22(25)32/h15-21,25,31H,4-14H2,1-3H3,(H2,29,33)(H,30,34)(H,35,36)/t15-,16+,17-,18-,19+,20+,21+,25+,27+,28-/m1/s1. The van der Waals surface area contributed by atoms with Gasteiger partial charge in [-0.05, 0) is 91.8 Å². The first-order valence-corrected chi connectivity index (χ1v) is 13.9. The number of aliphatic hydroxyl groups is 1. The van der Waals surface area contributed by atoms with Gasteiger partial charge in [-0.1, -0.05) is 20.8 Å². The molecule has 0 aliphatic heterocycles. The van der Waals surface area contributed by atoms with Crippen LogP contribution in [-0.2, 0) is 19.2 Å². The summed E-state index contributed by atoms with van der Waals surface area (Å²) in [5.74, 6) is -0.0958. The smallest absolute Gasteiger partial charge is 0.326 e. The van der Waals surface area contributed by atoms with Gasteiger partial charge < -0.3 is 21.3 Å². The van der Waals surface area contributed by atoms with Crippen molar-refractivity contribution in [3.8, 4) is 0 Å². The summed E-state index contributed by atoms with van der Waals surface area (Å²) >= 11 is 0. The third-order valence-electron chi connectivity index (χ3n) is 11.1. The second-order valence-corrected chi connectivity index (χ2v) is 12.9. The number of hydrogen-bond donors (Lipinski definition) is 4. The van der Waals surface area contributed by atoms with Crippen molar-refractivity contribution in [3.05, 3.63) is 0 Å². The highest BCUT2D eigenvalue weighted by molar-refractivity contribution is 5.88. The zero-order chi connectivity index (χ0) is 26.4. The van der Waals surface area contributed by atoms with E-state index in [9.17, 15) is 29.4 Å². The number of aliphatic hydroxyl groups excluding tert-OH is 1. The number of fused-ring (bicyclic) bond motifs is 5. The fraction of sp³-hybridized carbons (Fsp3) is 0.857. The number of carbonyl (C=O) groups excluding carboxylic acids is 3. The lowest BCUT2D eigenvalue weighted by molar-refractivity contribution is -0.160. The van der Waals surface area contributed by atoms with Crippen molar-refractivity contribution in [2.45, 2.75) is 104 Å². The highest BCUT2D eigenvalue weighted by Crippen LogP contribution is 2.67. The molecule has 0 saturated heterocycles. The van der Waals surface area contributed by atoms with Crippen molar-refractivity contribution in [1.82, 2.24) is 5.32 Å². The van der Waals surface area contributed by atoms with Gasteiger partial charge in [0.05, 0.1) is 12.5 Å².